The van der Waals surface area contributed by atoms with Crippen molar-refractivity contribution in [1.82, 2.24) is 4.90 Å². The molecule has 0 amide bonds. The predicted octanol–water partition coefficient (Wildman–Crippen LogP) is 2.57. The van der Waals surface area contributed by atoms with Crippen LogP contribution in [0.1, 0.15) is 37.8 Å². The topological polar surface area (TPSA) is 38.5 Å². The number of nitrogens with zero attached hydrogens (tertiary/aromatic N) is 1. The number of rotatable bonds is 5. The van der Waals surface area contributed by atoms with Crippen LogP contribution in [0.15, 0.2) is 24.3 Å². The van der Waals surface area contributed by atoms with Gasteiger partial charge in [0.15, 0.2) is 0 Å². The van der Waals surface area contributed by atoms with E-state index in [1.165, 1.54) is 32.4 Å². The van der Waals surface area contributed by atoms with E-state index in [-0.39, 0.29) is 6.04 Å². The molecular formula is C15H24N2O. The summed E-state index contributed by atoms with van der Waals surface area (Å²) in [7, 11) is 0. The zero-order chi connectivity index (χ0) is 12.8. The second-order valence-corrected chi connectivity index (χ2v) is 5.11. The molecule has 1 fully saturated rings. The monoisotopic (exact) mass is 248 g/mol. The molecule has 0 aromatic heterocycles. The largest absolute Gasteiger partial charge is 0.492 e. The molecule has 3 nitrogen and oxygen atoms in total. The van der Waals surface area contributed by atoms with Crippen molar-refractivity contribution in [2.45, 2.75) is 32.2 Å². The highest BCUT2D eigenvalue weighted by atomic mass is 16.5. The van der Waals surface area contributed by atoms with Crippen LogP contribution in [0.2, 0.25) is 0 Å². The molecule has 18 heavy (non-hydrogen) atoms. The zero-order valence-corrected chi connectivity index (χ0v) is 11.3. The first-order chi connectivity index (χ1) is 8.75. The first kappa shape index (κ1) is 13.4. The number of piperidine rings is 1. The number of nitrogens with two attached hydrogens (primary N) is 1. The van der Waals surface area contributed by atoms with Crippen molar-refractivity contribution in [3.63, 3.8) is 0 Å². The summed E-state index contributed by atoms with van der Waals surface area (Å²) in [6.45, 7) is 6.24. The molecule has 3 heteroatoms. The van der Waals surface area contributed by atoms with Crippen LogP contribution >= 0.6 is 0 Å². The highest BCUT2D eigenvalue weighted by Crippen LogP contribution is 2.17. The van der Waals surface area contributed by atoms with Crippen molar-refractivity contribution in [2.75, 3.05) is 26.2 Å². The quantitative estimate of drug-likeness (QED) is 0.870. The molecule has 0 saturated carbocycles. The van der Waals surface area contributed by atoms with E-state index < -0.39 is 0 Å². The fraction of sp³-hybridized carbons (Fsp3) is 0.600. The molecule has 2 rings (SSSR count). The fourth-order valence-electron chi connectivity index (χ4n) is 2.36. The zero-order valence-electron chi connectivity index (χ0n) is 11.3. The first-order valence-corrected chi connectivity index (χ1v) is 6.96. The van der Waals surface area contributed by atoms with E-state index in [0.717, 1.165) is 24.5 Å². The van der Waals surface area contributed by atoms with Gasteiger partial charge in [-0.15, -0.1) is 0 Å². The average molecular weight is 248 g/mol. The molecular weight excluding hydrogens is 224 g/mol. The number of hydrogen-bond donors (Lipinski definition) is 1. The van der Waals surface area contributed by atoms with E-state index in [1.54, 1.807) is 0 Å². The van der Waals surface area contributed by atoms with E-state index in [9.17, 15) is 0 Å². The van der Waals surface area contributed by atoms with Crippen molar-refractivity contribution in [3.8, 4) is 5.75 Å². The van der Waals surface area contributed by atoms with Gasteiger partial charge in [0.05, 0.1) is 0 Å². The third-order valence-corrected chi connectivity index (χ3v) is 3.51. The maximum Gasteiger partial charge on any atom is 0.119 e. The second kappa shape index (κ2) is 6.76. The lowest BCUT2D eigenvalue weighted by Gasteiger charge is -2.26. The van der Waals surface area contributed by atoms with E-state index in [0.29, 0.717) is 0 Å². The molecule has 1 aliphatic rings. The molecule has 0 bridgehead atoms. The van der Waals surface area contributed by atoms with E-state index >= 15 is 0 Å². The van der Waals surface area contributed by atoms with Gasteiger partial charge in [0.25, 0.3) is 0 Å². The van der Waals surface area contributed by atoms with Crippen molar-refractivity contribution in [3.05, 3.63) is 29.8 Å². The van der Waals surface area contributed by atoms with Gasteiger partial charge in [0, 0.05) is 12.6 Å². The normalized spacial score (nSPS) is 18.6. The Morgan fingerprint density at radius 2 is 2.06 bits per heavy atom. The lowest BCUT2D eigenvalue weighted by Crippen LogP contribution is -2.33. The highest BCUT2D eigenvalue weighted by molar-refractivity contribution is 5.30. The number of hydrogen-bond acceptors (Lipinski definition) is 3. The minimum atomic E-state index is 0.0654. The van der Waals surface area contributed by atoms with Crippen LogP contribution in [0.3, 0.4) is 0 Å². The molecule has 1 atom stereocenters. The van der Waals surface area contributed by atoms with Gasteiger partial charge in [0.1, 0.15) is 12.4 Å². The minimum Gasteiger partial charge on any atom is -0.492 e. The maximum atomic E-state index is 5.86. The molecule has 1 heterocycles. The summed E-state index contributed by atoms with van der Waals surface area (Å²) in [5.41, 5.74) is 6.99. The van der Waals surface area contributed by atoms with Crippen LogP contribution in [-0.4, -0.2) is 31.1 Å². The van der Waals surface area contributed by atoms with Crippen molar-refractivity contribution in [2.24, 2.45) is 5.73 Å². The summed E-state index contributed by atoms with van der Waals surface area (Å²) in [6, 6.07) is 8.16. The van der Waals surface area contributed by atoms with Gasteiger partial charge < -0.3 is 10.5 Å². The molecule has 1 aromatic rings. The van der Waals surface area contributed by atoms with Gasteiger partial charge in [-0.3, -0.25) is 4.90 Å². The standard InChI is InChI=1S/C15H24N2O/c1-13(16)14-6-5-7-15(12-14)18-11-10-17-8-3-2-4-9-17/h5-7,12-13H,2-4,8-11,16H2,1H3/t13-/m0/s1. The fourth-order valence-corrected chi connectivity index (χ4v) is 2.36. The summed E-state index contributed by atoms with van der Waals surface area (Å²) in [5, 5.41) is 0. The van der Waals surface area contributed by atoms with Gasteiger partial charge in [-0.25, -0.2) is 0 Å². The summed E-state index contributed by atoms with van der Waals surface area (Å²) in [6.07, 6.45) is 4.05. The van der Waals surface area contributed by atoms with Crippen LogP contribution < -0.4 is 10.5 Å². The molecule has 2 N–H and O–H groups in total. The van der Waals surface area contributed by atoms with Gasteiger partial charge >= 0.3 is 0 Å². The molecule has 0 aliphatic carbocycles. The average Bonchev–Trinajstić information content (AvgIpc) is 2.40. The Hall–Kier alpha value is -1.06. The van der Waals surface area contributed by atoms with E-state index in [4.69, 9.17) is 10.5 Å². The maximum absolute atomic E-state index is 5.86. The Labute approximate surface area is 110 Å². The Bertz CT molecular complexity index is 359. The van der Waals surface area contributed by atoms with Gasteiger partial charge in [-0.05, 0) is 50.6 Å². The van der Waals surface area contributed by atoms with Crippen LogP contribution in [-0.2, 0) is 0 Å². The SMILES string of the molecule is C[C@H](N)c1cccc(OCCN2CCCCC2)c1. The minimum absolute atomic E-state index is 0.0654. The van der Waals surface area contributed by atoms with Crippen LogP contribution in [0, 0.1) is 0 Å². The Kier molecular flexibility index (Phi) is 5.02. The summed E-state index contributed by atoms with van der Waals surface area (Å²) in [4.78, 5) is 2.49. The third kappa shape index (κ3) is 4.00. The number of ether oxygens (including phenoxy) is 1. The van der Waals surface area contributed by atoms with Gasteiger partial charge in [0.2, 0.25) is 0 Å². The van der Waals surface area contributed by atoms with Crippen molar-refractivity contribution < 1.29 is 4.74 Å². The Balaban J connectivity index is 1.77. The predicted molar refractivity (Wildman–Crippen MR) is 74.8 cm³/mol. The Morgan fingerprint density at radius 3 is 2.78 bits per heavy atom. The van der Waals surface area contributed by atoms with E-state index in [1.807, 2.05) is 31.2 Å². The summed E-state index contributed by atoms with van der Waals surface area (Å²) >= 11 is 0. The van der Waals surface area contributed by atoms with Crippen LogP contribution in [0.4, 0.5) is 0 Å². The van der Waals surface area contributed by atoms with Gasteiger partial charge in [-0.1, -0.05) is 18.6 Å². The lowest BCUT2D eigenvalue weighted by atomic mass is 10.1. The van der Waals surface area contributed by atoms with Crippen LogP contribution in [0.25, 0.3) is 0 Å². The first-order valence-electron chi connectivity index (χ1n) is 6.96. The molecule has 1 aliphatic heterocycles. The smallest absolute Gasteiger partial charge is 0.119 e. The third-order valence-electron chi connectivity index (χ3n) is 3.51. The highest BCUT2D eigenvalue weighted by Gasteiger charge is 2.09. The van der Waals surface area contributed by atoms with Crippen molar-refractivity contribution >= 4 is 0 Å². The number of benzene rings is 1. The molecule has 0 spiro atoms. The van der Waals surface area contributed by atoms with Crippen molar-refractivity contribution in [1.29, 1.82) is 0 Å². The number of likely N-dealkylation sites (tertiary alicyclic amines) is 1. The molecule has 1 saturated heterocycles. The van der Waals surface area contributed by atoms with E-state index in [2.05, 4.69) is 4.90 Å². The summed E-state index contributed by atoms with van der Waals surface area (Å²) in [5.74, 6) is 0.932. The molecule has 0 unspecified atom stereocenters. The molecule has 1 aromatic carbocycles. The van der Waals surface area contributed by atoms with Gasteiger partial charge in [-0.2, -0.15) is 0 Å². The van der Waals surface area contributed by atoms with Crippen LogP contribution in [0.5, 0.6) is 5.75 Å². The second-order valence-electron chi connectivity index (χ2n) is 5.11. The molecule has 100 valence electrons. The molecule has 0 radical (unpaired) electrons. The Morgan fingerprint density at radius 1 is 1.28 bits per heavy atom. The lowest BCUT2D eigenvalue weighted by molar-refractivity contribution is 0.183. The summed E-state index contributed by atoms with van der Waals surface area (Å²) < 4.78 is 5.80.